The minimum absolute atomic E-state index is 0.0226. The Bertz CT molecular complexity index is 404. The lowest BCUT2D eigenvalue weighted by atomic mass is 9.91. The highest BCUT2D eigenvalue weighted by molar-refractivity contribution is 5.78. The van der Waals surface area contributed by atoms with Gasteiger partial charge in [0, 0.05) is 13.7 Å². The molecule has 0 bridgehead atoms. The van der Waals surface area contributed by atoms with Gasteiger partial charge in [0.25, 0.3) is 0 Å². The summed E-state index contributed by atoms with van der Waals surface area (Å²) in [5.74, 6) is 1.49. The van der Waals surface area contributed by atoms with Crippen molar-refractivity contribution in [3.63, 3.8) is 0 Å². The van der Waals surface area contributed by atoms with Crippen molar-refractivity contribution in [1.29, 1.82) is 0 Å². The second-order valence-corrected chi connectivity index (χ2v) is 5.29. The van der Waals surface area contributed by atoms with Gasteiger partial charge in [0.1, 0.15) is 12.4 Å². The van der Waals surface area contributed by atoms with E-state index >= 15 is 0 Å². The highest BCUT2D eigenvalue weighted by Crippen LogP contribution is 2.34. The van der Waals surface area contributed by atoms with Crippen molar-refractivity contribution in [2.45, 2.75) is 25.8 Å². The van der Waals surface area contributed by atoms with Crippen LogP contribution in [0.5, 0.6) is 0 Å². The van der Waals surface area contributed by atoms with Crippen molar-refractivity contribution in [1.82, 2.24) is 4.90 Å². The van der Waals surface area contributed by atoms with Crippen LogP contribution >= 0.6 is 0 Å². The van der Waals surface area contributed by atoms with Crippen LogP contribution in [0.3, 0.4) is 0 Å². The Balaban J connectivity index is 1.94. The molecule has 0 unspecified atom stereocenters. The van der Waals surface area contributed by atoms with Gasteiger partial charge in [-0.05, 0) is 30.9 Å². The molecule has 1 aromatic rings. The lowest BCUT2D eigenvalue weighted by Crippen LogP contribution is -2.42. The number of carbonyl (C=O) groups is 1. The fourth-order valence-electron chi connectivity index (χ4n) is 2.58. The summed E-state index contributed by atoms with van der Waals surface area (Å²) in [4.78, 5) is 14.2. The second-order valence-electron chi connectivity index (χ2n) is 5.29. The Morgan fingerprint density at radius 1 is 1.50 bits per heavy atom. The molecule has 1 amide bonds. The Labute approximate surface area is 119 Å². The molecule has 20 heavy (non-hydrogen) atoms. The Morgan fingerprint density at radius 2 is 2.35 bits per heavy atom. The molecule has 0 aromatic carbocycles. The zero-order chi connectivity index (χ0) is 14.4. The van der Waals surface area contributed by atoms with Crippen LogP contribution in [0.15, 0.2) is 22.8 Å². The number of methoxy groups -OCH3 is 1. The molecular weight excluding hydrogens is 258 g/mol. The molecule has 1 aromatic heterocycles. The van der Waals surface area contributed by atoms with E-state index < -0.39 is 0 Å². The summed E-state index contributed by atoms with van der Waals surface area (Å²) in [5, 5.41) is 0. The van der Waals surface area contributed by atoms with E-state index in [1.807, 2.05) is 17.0 Å². The SMILES string of the molecule is COCCOCC(=O)N1CC[C@@H](C)C[C@@H]1c1ccco1. The highest BCUT2D eigenvalue weighted by atomic mass is 16.5. The van der Waals surface area contributed by atoms with E-state index in [-0.39, 0.29) is 18.6 Å². The summed E-state index contributed by atoms with van der Waals surface area (Å²) in [6, 6.07) is 3.84. The van der Waals surface area contributed by atoms with Gasteiger partial charge in [0.15, 0.2) is 0 Å². The van der Waals surface area contributed by atoms with E-state index in [9.17, 15) is 4.79 Å². The van der Waals surface area contributed by atoms with Gasteiger partial charge >= 0.3 is 0 Å². The summed E-state index contributed by atoms with van der Waals surface area (Å²) in [5.41, 5.74) is 0. The monoisotopic (exact) mass is 281 g/mol. The zero-order valence-corrected chi connectivity index (χ0v) is 12.2. The predicted molar refractivity (Wildman–Crippen MR) is 74.3 cm³/mol. The molecule has 0 radical (unpaired) electrons. The topological polar surface area (TPSA) is 51.9 Å². The minimum Gasteiger partial charge on any atom is -0.467 e. The van der Waals surface area contributed by atoms with Gasteiger partial charge in [-0.25, -0.2) is 0 Å². The van der Waals surface area contributed by atoms with Gasteiger partial charge in [-0.1, -0.05) is 6.92 Å². The van der Waals surface area contributed by atoms with E-state index in [2.05, 4.69) is 6.92 Å². The largest absolute Gasteiger partial charge is 0.467 e. The Kier molecular flexibility index (Phi) is 5.61. The third kappa shape index (κ3) is 3.84. The van der Waals surface area contributed by atoms with Crippen molar-refractivity contribution in [3.8, 4) is 0 Å². The van der Waals surface area contributed by atoms with Crippen LogP contribution in [0.2, 0.25) is 0 Å². The molecule has 5 heteroatoms. The molecule has 1 aliphatic rings. The molecule has 0 aliphatic carbocycles. The van der Waals surface area contributed by atoms with Crippen LogP contribution in [-0.2, 0) is 14.3 Å². The van der Waals surface area contributed by atoms with Crippen molar-refractivity contribution >= 4 is 5.91 Å². The minimum atomic E-state index is 0.0226. The number of hydrogen-bond donors (Lipinski definition) is 0. The molecule has 0 N–H and O–H groups in total. The van der Waals surface area contributed by atoms with E-state index in [0.29, 0.717) is 19.1 Å². The summed E-state index contributed by atoms with van der Waals surface area (Å²) < 4.78 is 15.7. The van der Waals surface area contributed by atoms with Gasteiger partial charge < -0.3 is 18.8 Å². The van der Waals surface area contributed by atoms with Gasteiger partial charge in [-0.3, -0.25) is 4.79 Å². The Hall–Kier alpha value is -1.33. The van der Waals surface area contributed by atoms with E-state index in [0.717, 1.165) is 25.1 Å². The first-order chi connectivity index (χ1) is 9.72. The summed E-state index contributed by atoms with van der Waals surface area (Å²) >= 11 is 0. The maximum Gasteiger partial charge on any atom is 0.249 e. The number of ether oxygens (including phenoxy) is 2. The van der Waals surface area contributed by atoms with Gasteiger partial charge in [-0.15, -0.1) is 0 Å². The van der Waals surface area contributed by atoms with Crippen LogP contribution in [0.4, 0.5) is 0 Å². The average Bonchev–Trinajstić information content (AvgIpc) is 2.97. The highest BCUT2D eigenvalue weighted by Gasteiger charge is 2.32. The van der Waals surface area contributed by atoms with Crippen LogP contribution in [0, 0.1) is 5.92 Å². The molecule has 0 spiro atoms. The van der Waals surface area contributed by atoms with E-state index in [1.165, 1.54) is 0 Å². The van der Waals surface area contributed by atoms with Gasteiger partial charge in [0.2, 0.25) is 5.91 Å². The molecule has 1 saturated heterocycles. The van der Waals surface area contributed by atoms with Crippen molar-refractivity contribution in [2.24, 2.45) is 5.92 Å². The summed E-state index contributed by atoms with van der Waals surface area (Å²) in [7, 11) is 1.62. The maximum absolute atomic E-state index is 12.3. The maximum atomic E-state index is 12.3. The van der Waals surface area contributed by atoms with E-state index in [1.54, 1.807) is 13.4 Å². The molecule has 1 fully saturated rings. The van der Waals surface area contributed by atoms with Crippen LogP contribution in [0.1, 0.15) is 31.6 Å². The van der Waals surface area contributed by atoms with Gasteiger partial charge in [-0.2, -0.15) is 0 Å². The van der Waals surface area contributed by atoms with Crippen LogP contribution in [0.25, 0.3) is 0 Å². The van der Waals surface area contributed by atoms with Crippen LogP contribution < -0.4 is 0 Å². The number of nitrogens with zero attached hydrogens (tertiary/aromatic N) is 1. The molecule has 112 valence electrons. The molecular formula is C15H23NO4. The predicted octanol–water partition coefficient (Wildman–Crippen LogP) is 2.24. The number of amides is 1. The molecule has 2 heterocycles. The number of furan rings is 1. The Morgan fingerprint density at radius 3 is 3.05 bits per heavy atom. The first-order valence-electron chi connectivity index (χ1n) is 7.12. The fourth-order valence-corrected chi connectivity index (χ4v) is 2.58. The number of rotatable bonds is 6. The van der Waals surface area contributed by atoms with E-state index in [4.69, 9.17) is 13.9 Å². The first kappa shape index (κ1) is 15.1. The number of hydrogen-bond acceptors (Lipinski definition) is 4. The first-order valence-corrected chi connectivity index (χ1v) is 7.12. The molecule has 0 saturated carbocycles. The third-order valence-electron chi connectivity index (χ3n) is 3.71. The second kappa shape index (κ2) is 7.45. The average molecular weight is 281 g/mol. The normalized spacial score (nSPS) is 23.0. The quantitative estimate of drug-likeness (QED) is 0.750. The molecule has 2 atom stereocenters. The lowest BCUT2D eigenvalue weighted by molar-refractivity contribution is -0.141. The summed E-state index contributed by atoms with van der Waals surface area (Å²) in [6.07, 6.45) is 3.63. The lowest BCUT2D eigenvalue weighted by Gasteiger charge is -2.37. The number of carbonyl (C=O) groups excluding carboxylic acids is 1. The standard InChI is InChI=1S/C15H23NO4/c1-12-5-6-16(15(17)11-19-9-8-18-2)13(10-12)14-4-3-7-20-14/h3-4,7,12-13H,5-6,8-11H2,1-2H3/t12-,13-/m1/s1. The number of piperidine rings is 1. The van der Waals surface area contributed by atoms with Crippen molar-refractivity contribution in [3.05, 3.63) is 24.2 Å². The van der Waals surface area contributed by atoms with Crippen molar-refractivity contribution in [2.75, 3.05) is 33.5 Å². The molecule has 1 aliphatic heterocycles. The van der Waals surface area contributed by atoms with Crippen molar-refractivity contribution < 1.29 is 18.7 Å². The van der Waals surface area contributed by atoms with Crippen LogP contribution in [-0.4, -0.2) is 44.3 Å². The van der Waals surface area contributed by atoms with Gasteiger partial charge in [0.05, 0.1) is 25.5 Å². The molecule has 2 rings (SSSR count). The third-order valence-corrected chi connectivity index (χ3v) is 3.71. The molecule has 5 nitrogen and oxygen atoms in total. The smallest absolute Gasteiger partial charge is 0.249 e. The zero-order valence-electron chi connectivity index (χ0n) is 12.2. The number of likely N-dealkylation sites (tertiary alicyclic amines) is 1. The summed E-state index contributed by atoms with van der Waals surface area (Å²) in [6.45, 7) is 4.03. The fraction of sp³-hybridized carbons (Fsp3) is 0.667.